The molecule has 0 aromatic heterocycles. The molecule has 0 radical (unpaired) electrons. The lowest BCUT2D eigenvalue weighted by molar-refractivity contribution is 0.0638. The van der Waals surface area contributed by atoms with Gasteiger partial charge in [-0.15, -0.1) is 11.6 Å². The zero-order valence-electron chi connectivity index (χ0n) is 9.64. The summed E-state index contributed by atoms with van der Waals surface area (Å²) in [7, 11) is 0. The molecule has 3 heteroatoms. The van der Waals surface area contributed by atoms with Gasteiger partial charge in [-0.2, -0.15) is 0 Å². The number of hydrogen-bond donors (Lipinski definition) is 1. The Hall–Kier alpha value is -1.25. The van der Waals surface area contributed by atoms with Crippen LogP contribution < -0.4 is 4.74 Å². The summed E-state index contributed by atoms with van der Waals surface area (Å²) < 4.78 is 5.75. The quantitative estimate of drug-likeness (QED) is 0.845. The topological polar surface area (TPSA) is 29.5 Å². The van der Waals surface area contributed by atoms with Crippen molar-refractivity contribution in [2.45, 2.75) is 19.1 Å². The number of alkyl halides is 1. The van der Waals surface area contributed by atoms with Gasteiger partial charge in [0.2, 0.25) is 0 Å². The van der Waals surface area contributed by atoms with Crippen LogP contribution in [0.5, 0.6) is 5.75 Å². The number of halogens is 1. The highest BCUT2D eigenvalue weighted by molar-refractivity contribution is 6.18. The van der Waals surface area contributed by atoms with Gasteiger partial charge in [-0.3, -0.25) is 0 Å². The molecular formula is C14H15ClO2. The summed E-state index contributed by atoms with van der Waals surface area (Å²) in [5, 5.41) is 11.8. The third kappa shape index (κ3) is 2.71. The number of ether oxygens (including phenoxy) is 1. The van der Waals surface area contributed by atoms with Crippen molar-refractivity contribution in [1.29, 1.82) is 0 Å². The van der Waals surface area contributed by atoms with Gasteiger partial charge in [-0.25, -0.2) is 0 Å². The minimum atomic E-state index is -0.657. The zero-order chi connectivity index (χ0) is 12.3. The van der Waals surface area contributed by atoms with E-state index in [1.165, 1.54) is 0 Å². The first-order chi connectivity index (χ1) is 8.22. The summed E-state index contributed by atoms with van der Waals surface area (Å²) in [6.07, 6.45) is -0.978. The van der Waals surface area contributed by atoms with E-state index >= 15 is 0 Å². The monoisotopic (exact) mass is 250 g/mol. The molecule has 17 heavy (non-hydrogen) atoms. The molecular weight excluding hydrogens is 236 g/mol. The highest BCUT2D eigenvalue weighted by Crippen LogP contribution is 2.26. The lowest BCUT2D eigenvalue weighted by Gasteiger charge is -2.19. The van der Waals surface area contributed by atoms with Crippen LogP contribution in [-0.2, 0) is 0 Å². The van der Waals surface area contributed by atoms with Crippen molar-refractivity contribution in [2.24, 2.45) is 0 Å². The number of rotatable bonds is 4. The smallest absolute Gasteiger partial charge is 0.127 e. The first-order valence-corrected chi connectivity index (χ1v) is 6.14. The van der Waals surface area contributed by atoms with E-state index in [0.717, 1.165) is 16.5 Å². The van der Waals surface area contributed by atoms with E-state index in [1.807, 2.05) is 49.4 Å². The molecule has 0 heterocycles. The van der Waals surface area contributed by atoms with Crippen LogP contribution in [0.4, 0.5) is 0 Å². The van der Waals surface area contributed by atoms with E-state index in [9.17, 15) is 5.11 Å². The minimum absolute atomic E-state index is 0.173. The Balaban J connectivity index is 2.30. The van der Waals surface area contributed by atoms with Crippen LogP contribution in [0.3, 0.4) is 0 Å². The van der Waals surface area contributed by atoms with Crippen LogP contribution in [0, 0.1) is 0 Å². The van der Waals surface area contributed by atoms with Crippen LogP contribution in [0.25, 0.3) is 10.8 Å². The Labute approximate surface area is 106 Å². The zero-order valence-corrected chi connectivity index (χ0v) is 10.4. The molecule has 0 aliphatic rings. The van der Waals surface area contributed by atoms with Crippen molar-refractivity contribution in [1.82, 2.24) is 0 Å². The largest absolute Gasteiger partial charge is 0.487 e. The number of benzene rings is 2. The van der Waals surface area contributed by atoms with E-state index in [0.29, 0.717) is 0 Å². The van der Waals surface area contributed by atoms with Gasteiger partial charge < -0.3 is 9.84 Å². The van der Waals surface area contributed by atoms with Crippen molar-refractivity contribution in [3.8, 4) is 5.75 Å². The highest BCUT2D eigenvalue weighted by atomic mass is 35.5. The fraction of sp³-hybridized carbons (Fsp3) is 0.286. The van der Waals surface area contributed by atoms with Gasteiger partial charge in [0, 0.05) is 5.39 Å². The molecule has 1 N–H and O–H groups in total. The molecule has 2 aromatic carbocycles. The van der Waals surface area contributed by atoms with Crippen LogP contribution in [0.15, 0.2) is 42.5 Å². The predicted molar refractivity (Wildman–Crippen MR) is 70.8 cm³/mol. The number of aliphatic hydroxyl groups excluding tert-OH is 1. The third-order valence-electron chi connectivity index (χ3n) is 2.76. The molecule has 2 rings (SSSR count). The van der Waals surface area contributed by atoms with Crippen LogP contribution in [0.2, 0.25) is 0 Å². The second-order valence-electron chi connectivity index (χ2n) is 4.02. The SMILES string of the molecule is CC(Oc1cccc2ccccc12)C(O)CCl. The summed E-state index contributed by atoms with van der Waals surface area (Å²) >= 11 is 5.60. The molecule has 2 aromatic rings. The summed E-state index contributed by atoms with van der Waals surface area (Å²) in [5.41, 5.74) is 0. The molecule has 2 nitrogen and oxygen atoms in total. The van der Waals surface area contributed by atoms with Gasteiger partial charge in [-0.1, -0.05) is 36.4 Å². The molecule has 0 aliphatic carbocycles. The maximum absolute atomic E-state index is 9.60. The molecule has 0 amide bonds. The van der Waals surface area contributed by atoms with Crippen molar-refractivity contribution < 1.29 is 9.84 Å². The average Bonchev–Trinajstić information content (AvgIpc) is 2.38. The summed E-state index contributed by atoms with van der Waals surface area (Å²) in [6, 6.07) is 13.9. The summed E-state index contributed by atoms with van der Waals surface area (Å²) in [4.78, 5) is 0. The average molecular weight is 251 g/mol. The van der Waals surface area contributed by atoms with Crippen LogP contribution >= 0.6 is 11.6 Å². The maximum atomic E-state index is 9.60. The van der Waals surface area contributed by atoms with Gasteiger partial charge in [-0.05, 0) is 18.4 Å². The molecule has 0 saturated carbocycles. The van der Waals surface area contributed by atoms with Crippen molar-refractivity contribution in [3.63, 3.8) is 0 Å². The molecule has 2 atom stereocenters. The third-order valence-corrected chi connectivity index (χ3v) is 3.08. The Kier molecular flexibility index (Phi) is 3.87. The summed E-state index contributed by atoms with van der Waals surface area (Å²) in [6.45, 7) is 1.81. The molecule has 2 unspecified atom stereocenters. The van der Waals surface area contributed by atoms with Gasteiger partial charge in [0.1, 0.15) is 18.0 Å². The van der Waals surface area contributed by atoms with Gasteiger partial charge >= 0.3 is 0 Å². The summed E-state index contributed by atoms with van der Waals surface area (Å²) in [5.74, 6) is 0.950. The van der Waals surface area contributed by atoms with Crippen molar-refractivity contribution >= 4 is 22.4 Å². The Morgan fingerprint density at radius 2 is 1.88 bits per heavy atom. The second-order valence-corrected chi connectivity index (χ2v) is 4.33. The molecule has 0 saturated heterocycles. The van der Waals surface area contributed by atoms with Crippen molar-refractivity contribution in [3.05, 3.63) is 42.5 Å². The minimum Gasteiger partial charge on any atom is -0.487 e. The van der Waals surface area contributed by atoms with E-state index < -0.39 is 6.10 Å². The maximum Gasteiger partial charge on any atom is 0.127 e. The van der Waals surface area contributed by atoms with Gasteiger partial charge in [0.15, 0.2) is 0 Å². The van der Waals surface area contributed by atoms with Crippen LogP contribution in [-0.4, -0.2) is 23.2 Å². The van der Waals surface area contributed by atoms with Crippen LogP contribution in [0.1, 0.15) is 6.92 Å². The molecule has 0 aliphatic heterocycles. The fourth-order valence-electron chi connectivity index (χ4n) is 1.70. The fourth-order valence-corrected chi connectivity index (χ4v) is 1.95. The normalized spacial score (nSPS) is 14.5. The standard InChI is InChI=1S/C14H15ClO2/c1-10(13(16)9-15)17-14-8-4-6-11-5-2-3-7-12(11)14/h2-8,10,13,16H,9H2,1H3. The van der Waals surface area contributed by atoms with Crippen molar-refractivity contribution in [2.75, 3.05) is 5.88 Å². The number of aliphatic hydroxyl groups is 1. The van der Waals surface area contributed by atoms with E-state index in [-0.39, 0.29) is 12.0 Å². The Bertz CT molecular complexity index is 493. The lowest BCUT2D eigenvalue weighted by Crippen LogP contribution is -2.30. The number of fused-ring (bicyclic) bond motifs is 1. The first-order valence-electron chi connectivity index (χ1n) is 5.61. The highest BCUT2D eigenvalue weighted by Gasteiger charge is 2.15. The molecule has 0 fully saturated rings. The second kappa shape index (κ2) is 5.39. The van der Waals surface area contributed by atoms with E-state index in [4.69, 9.17) is 16.3 Å². The first kappa shape index (κ1) is 12.2. The molecule has 0 bridgehead atoms. The molecule has 0 spiro atoms. The van der Waals surface area contributed by atoms with Gasteiger partial charge in [0.05, 0.1) is 5.88 Å². The number of hydrogen-bond acceptors (Lipinski definition) is 2. The van der Waals surface area contributed by atoms with E-state index in [2.05, 4.69) is 0 Å². The van der Waals surface area contributed by atoms with Gasteiger partial charge in [0.25, 0.3) is 0 Å². The lowest BCUT2D eigenvalue weighted by atomic mass is 10.1. The molecule has 90 valence electrons. The Morgan fingerprint density at radius 3 is 2.65 bits per heavy atom. The predicted octanol–water partition coefficient (Wildman–Crippen LogP) is 3.21. The van der Waals surface area contributed by atoms with E-state index in [1.54, 1.807) is 0 Å². The Morgan fingerprint density at radius 1 is 1.18 bits per heavy atom.